The second kappa shape index (κ2) is 6.63. The predicted octanol–water partition coefficient (Wildman–Crippen LogP) is 2.41. The lowest BCUT2D eigenvalue weighted by molar-refractivity contribution is 0.0797. The topological polar surface area (TPSA) is 45.2 Å². The van der Waals surface area contributed by atoms with Crippen LogP contribution in [0, 0.1) is 6.92 Å². The molecule has 1 N–H and O–H groups in total. The Morgan fingerprint density at radius 2 is 2.25 bits per heavy atom. The Balaban J connectivity index is 2.19. The number of benzene rings is 1. The average Bonchev–Trinajstić information content (AvgIpc) is 2.90. The van der Waals surface area contributed by atoms with Gasteiger partial charge < -0.3 is 10.2 Å². The van der Waals surface area contributed by atoms with Gasteiger partial charge in [0.15, 0.2) is 0 Å². The zero-order valence-electron chi connectivity index (χ0n) is 12.0. The molecule has 0 fully saturated rings. The molecule has 2 rings (SSSR count). The molecular formula is C15H19N3OS. The largest absolute Gasteiger partial charge is 0.340 e. The van der Waals surface area contributed by atoms with Crippen LogP contribution < -0.4 is 5.32 Å². The second-order valence-corrected chi connectivity index (χ2v) is 5.56. The highest BCUT2D eigenvalue weighted by molar-refractivity contribution is 7.13. The first-order valence-electron chi connectivity index (χ1n) is 6.54. The molecule has 5 heteroatoms. The maximum Gasteiger partial charge on any atom is 0.253 e. The molecule has 0 saturated heterocycles. The van der Waals surface area contributed by atoms with Crippen molar-refractivity contribution in [3.05, 3.63) is 40.9 Å². The number of rotatable bonds is 5. The van der Waals surface area contributed by atoms with Crippen LogP contribution in [-0.2, 0) is 0 Å². The number of nitrogens with one attached hydrogen (secondary N) is 1. The molecule has 0 saturated carbocycles. The first kappa shape index (κ1) is 14.7. The highest BCUT2D eigenvalue weighted by Crippen LogP contribution is 2.24. The molecule has 0 bridgehead atoms. The van der Waals surface area contributed by atoms with Gasteiger partial charge in [-0.1, -0.05) is 12.1 Å². The van der Waals surface area contributed by atoms with E-state index >= 15 is 0 Å². The van der Waals surface area contributed by atoms with Crippen LogP contribution in [0.15, 0.2) is 29.6 Å². The van der Waals surface area contributed by atoms with Crippen molar-refractivity contribution in [1.82, 2.24) is 15.2 Å². The minimum Gasteiger partial charge on any atom is -0.340 e. The van der Waals surface area contributed by atoms with E-state index in [1.807, 2.05) is 50.7 Å². The molecule has 1 heterocycles. The van der Waals surface area contributed by atoms with Crippen LogP contribution in [0.5, 0.6) is 0 Å². The van der Waals surface area contributed by atoms with Crippen LogP contribution in [0.3, 0.4) is 0 Å². The minimum absolute atomic E-state index is 0.0374. The van der Waals surface area contributed by atoms with E-state index in [9.17, 15) is 4.79 Å². The Hall–Kier alpha value is -1.72. The Kier molecular flexibility index (Phi) is 4.87. The summed E-state index contributed by atoms with van der Waals surface area (Å²) in [5.74, 6) is 0.0374. The van der Waals surface area contributed by atoms with Gasteiger partial charge in [-0.2, -0.15) is 0 Å². The lowest BCUT2D eigenvalue weighted by Gasteiger charge is -2.17. The normalized spacial score (nSPS) is 10.6. The molecule has 4 nitrogen and oxygen atoms in total. The first-order chi connectivity index (χ1) is 9.61. The van der Waals surface area contributed by atoms with Gasteiger partial charge >= 0.3 is 0 Å². The third-order valence-corrected chi connectivity index (χ3v) is 4.03. The molecule has 20 heavy (non-hydrogen) atoms. The van der Waals surface area contributed by atoms with Crippen molar-refractivity contribution in [3.8, 4) is 10.6 Å². The summed E-state index contributed by atoms with van der Waals surface area (Å²) in [6, 6.07) is 7.66. The summed E-state index contributed by atoms with van der Waals surface area (Å²) in [6.45, 7) is 3.45. The molecular weight excluding hydrogens is 270 g/mol. The number of amides is 1. The Labute approximate surface area is 123 Å². The summed E-state index contributed by atoms with van der Waals surface area (Å²) in [6.07, 6.45) is 0. The van der Waals surface area contributed by atoms with E-state index in [2.05, 4.69) is 10.3 Å². The Morgan fingerprint density at radius 3 is 2.90 bits per heavy atom. The number of aromatic nitrogens is 1. The quantitative estimate of drug-likeness (QED) is 0.919. The molecule has 1 amide bonds. The monoisotopic (exact) mass is 289 g/mol. The van der Waals surface area contributed by atoms with Crippen molar-refractivity contribution in [3.63, 3.8) is 0 Å². The SMILES string of the molecule is CNCCN(C)C(=O)c1cccc(-c2nc(C)cs2)c1. The molecule has 0 atom stereocenters. The van der Waals surface area contributed by atoms with Crippen LogP contribution in [0.1, 0.15) is 16.1 Å². The Morgan fingerprint density at radius 1 is 1.45 bits per heavy atom. The van der Waals surface area contributed by atoms with Crippen LogP contribution >= 0.6 is 11.3 Å². The molecule has 0 aliphatic rings. The van der Waals surface area contributed by atoms with Gasteiger partial charge in [0.05, 0.1) is 0 Å². The van der Waals surface area contributed by atoms with Crippen molar-refractivity contribution in [2.75, 3.05) is 27.2 Å². The van der Waals surface area contributed by atoms with Crippen molar-refractivity contribution in [1.29, 1.82) is 0 Å². The standard InChI is InChI=1S/C15H19N3OS/c1-11-10-20-14(17-11)12-5-4-6-13(9-12)15(19)18(3)8-7-16-2/h4-6,9-10,16H,7-8H2,1-3H3. The number of nitrogens with zero attached hydrogens (tertiary/aromatic N) is 2. The van der Waals surface area contributed by atoms with Crippen molar-refractivity contribution in [2.45, 2.75) is 6.92 Å². The van der Waals surface area contributed by atoms with E-state index in [-0.39, 0.29) is 5.91 Å². The van der Waals surface area contributed by atoms with Crippen LogP contribution in [-0.4, -0.2) is 43.0 Å². The zero-order valence-corrected chi connectivity index (χ0v) is 12.8. The van der Waals surface area contributed by atoms with Crippen molar-refractivity contribution in [2.24, 2.45) is 0 Å². The van der Waals surface area contributed by atoms with Gasteiger partial charge in [0.2, 0.25) is 0 Å². The van der Waals surface area contributed by atoms with Gasteiger partial charge in [-0.3, -0.25) is 4.79 Å². The average molecular weight is 289 g/mol. The molecule has 1 aromatic heterocycles. The summed E-state index contributed by atoms with van der Waals surface area (Å²) in [7, 11) is 3.70. The number of carbonyl (C=O) groups is 1. The van der Waals surface area contributed by atoms with E-state index in [4.69, 9.17) is 0 Å². The van der Waals surface area contributed by atoms with E-state index < -0.39 is 0 Å². The van der Waals surface area contributed by atoms with Gasteiger partial charge in [-0.05, 0) is 26.1 Å². The summed E-state index contributed by atoms with van der Waals surface area (Å²) in [5, 5.41) is 6.01. The molecule has 0 spiro atoms. The first-order valence-corrected chi connectivity index (χ1v) is 7.42. The minimum atomic E-state index is 0.0374. The third-order valence-electron chi connectivity index (χ3n) is 3.02. The maximum atomic E-state index is 12.3. The Bertz CT molecular complexity index is 594. The van der Waals surface area contributed by atoms with Crippen LogP contribution in [0.2, 0.25) is 0 Å². The fraction of sp³-hybridized carbons (Fsp3) is 0.333. The zero-order chi connectivity index (χ0) is 14.5. The smallest absolute Gasteiger partial charge is 0.253 e. The predicted molar refractivity (Wildman–Crippen MR) is 83.2 cm³/mol. The number of carbonyl (C=O) groups excluding carboxylic acids is 1. The van der Waals surface area contributed by atoms with Gasteiger partial charge in [0, 0.05) is 42.3 Å². The maximum absolute atomic E-state index is 12.3. The number of likely N-dealkylation sites (N-methyl/N-ethyl adjacent to an activating group) is 2. The van der Waals surface area contributed by atoms with E-state index in [0.29, 0.717) is 12.1 Å². The summed E-state index contributed by atoms with van der Waals surface area (Å²) in [5.41, 5.74) is 2.71. The number of aryl methyl sites for hydroxylation is 1. The van der Waals surface area contributed by atoms with E-state index in [1.54, 1.807) is 16.2 Å². The van der Waals surface area contributed by atoms with Crippen molar-refractivity contribution < 1.29 is 4.79 Å². The summed E-state index contributed by atoms with van der Waals surface area (Å²) < 4.78 is 0. The molecule has 1 aromatic carbocycles. The summed E-state index contributed by atoms with van der Waals surface area (Å²) >= 11 is 1.60. The fourth-order valence-corrected chi connectivity index (χ4v) is 2.67. The number of hydrogen-bond acceptors (Lipinski definition) is 4. The molecule has 0 aliphatic carbocycles. The molecule has 0 unspecified atom stereocenters. The van der Waals surface area contributed by atoms with Crippen LogP contribution in [0.4, 0.5) is 0 Å². The molecule has 0 aliphatic heterocycles. The van der Waals surface area contributed by atoms with Crippen molar-refractivity contribution >= 4 is 17.2 Å². The van der Waals surface area contributed by atoms with E-state index in [1.165, 1.54) is 0 Å². The van der Waals surface area contributed by atoms with E-state index in [0.717, 1.165) is 22.8 Å². The highest BCUT2D eigenvalue weighted by atomic mass is 32.1. The lowest BCUT2D eigenvalue weighted by atomic mass is 10.1. The van der Waals surface area contributed by atoms with Gasteiger partial charge in [-0.25, -0.2) is 4.98 Å². The lowest BCUT2D eigenvalue weighted by Crippen LogP contribution is -2.32. The molecule has 2 aromatic rings. The van der Waals surface area contributed by atoms with Gasteiger partial charge in [0.1, 0.15) is 5.01 Å². The van der Waals surface area contributed by atoms with Crippen LogP contribution in [0.25, 0.3) is 10.6 Å². The molecule has 0 radical (unpaired) electrons. The highest BCUT2D eigenvalue weighted by Gasteiger charge is 2.12. The number of thiazole rings is 1. The number of hydrogen-bond donors (Lipinski definition) is 1. The summed E-state index contributed by atoms with van der Waals surface area (Å²) in [4.78, 5) is 18.5. The molecule has 106 valence electrons. The third kappa shape index (κ3) is 3.43. The van der Waals surface area contributed by atoms with Gasteiger partial charge in [0.25, 0.3) is 5.91 Å². The fourth-order valence-electron chi connectivity index (χ4n) is 1.87. The second-order valence-electron chi connectivity index (χ2n) is 4.71. The van der Waals surface area contributed by atoms with Gasteiger partial charge in [-0.15, -0.1) is 11.3 Å².